The molecule has 4 unspecified atom stereocenters. The Morgan fingerprint density at radius 3 is 2.60 bits per heavy atom. The molecule has 1 heterocycles. The zero-order chi connectivity index (χ0) is 18.8. The molecule has 5 atom stereocenters. The molecule has 142 valence electrons. The summed E-state index contributed by atoms with van der Waals surface area (Å²) >= 11 is 0. The second-order valence-corrected chi connectivity index (χ2v) is 7.77. The highest BCUT2D eigenvalue weighted by Crippen LogP contribution is 2.41. The normalized spacial score (nSPS) is 29.3. The molecule has 1 aliphatic heterocycles. The number of rotatable bonds is 5. The lowest BCUT2D eigenvalue weighted by atomic mass is 9.86. The number of alkyl carbamates (subject to hydrolysis) is 1. The fourth-order valence-corrected chi connectivity index (χ4v) is 3.44. The molecule has 0 aromatic carbocycles. The predicted molar refractivity (Wildman–Crippen MR) is 93.2 cm³/mol. The van der Waals surface area contributed by atoms with E-state index in [-0.39, 0.29) is 30.0 Å². The number of nitrogens with one attached hydrogen (secondary N) is 1. The van der Waals surface area contributed by atoms with Crippen molar-refractivity contribution in [1.29, 1.82) is 0 Å². The van der Waals surface area contributed by atoms with Gasteiger partial charge >= 0.3 is 12.1 Å². The van der Waals surface area contributed by atoms with Crippen LogP contribution in [-0.4, -0.2) is 42.1 Å². The molecule has 1 N–H and O–H groups in total. The molecule has 0 spiro atoms. The molecule has 0 radical (unpaired) electrons. The minimum Gasteiger partial charge on any atom is -0.466 e. The molecule has 1 aliphatic carbocycles. The van der Waals surface area contributed by atoms with Crippen LogP contribution >= 0.6 is 0 Å². The summed E-state index contributed by atoms with van der Waals surface area (Å²) in [6.07, 6.45) is 0.497. The van der Waals surface area contributed by atoms with Crippen molar-refractivity contribution in [3.8, 4) is 0 Å². The summed E-state index contributed by atoms with van der Waals surface area (Å²) in [5.74, 6) is -0.641. The summed E-state index contributed by atoms with van der Waals surface area (Å²) in [6, 6.07) is -0.260. The second-order valence-electron chi connectivity index (χ2n) is 7.77. The molecule has 25 heavy (non-hydrogen) atoms. The van der Waals surface area contributed by atoms with Gasteiger partial charge in [0.1, 0.15) is 5.60 Å². The number of nitrogens with zero attached hydrogens (tertiary/aromatic N) is 1. The van der Waals surface area contributed by atoms with Gasteiger partial charge < -0.3 is 19.6 Å². The molecule has 1 saturated carbocycles. The van der Waals surface area contributed by atoms with Crippen LogP contribution in [0.15, 0.2) is 5.16 Å². The lowest BCUT2D eigenvalue weighted by molar-refractivity contribution is -0.152. The van der Waals surface area contributed by atoms with Gasteiger partial charge in [0.15, 0.2) is 6.10 Å². The zero-order valence-electron chi connectivity index (χ0n) is 16.0. The lowest BCUT2D eigenvalue weighted by Crippen LogP contribution is -2.44. The van der Waals surface area contributed by atoms with Crippen molar-refractivity contribution in [2.45, 2.75) is 72.1 Å². The molecule has 0 saturated heterocycles. The van der Waals surface area contributed by atoms with Gasteiger partial charge in [0, 0.05) is 6.04 Å². The number of hydrogen-bond acceptors (Lipinski definition) is 6. The Bertz CT molecular complexity index is 540. The fraction of sp³-hybridized carbons (Fsp3) is 0.833. The van der Waals surface area contributed by atoms with E-state index in [0.717, 1.165) is 12.1 Å². The first-order valence-electron chi connectivity index (χ1n) is 9.07. The largest absolute Gasteiger partial charge is 0.466 e. The Morgan fingerprint density at radius 2 is 2.04 bits per heavy atom. The molecule has 1 fully saturated rings. The Hall–Kier alpha value is -1.79. The van der Waals surface area contributed by atoms with Crippen LogP contribution in [0.2, 0.25) is 0 Å². The van der Waals surface area contributed by atoms with E-state index in [1.807, 2.05) is 20.8 Å². The third-order valence-corrected chi connectivity index (χ3v) is 4.72. The van der Waals surface area contributed by atoms with Gasteiger partial charge in [-0.25, -0.2) is 4.79 Å². The Labute approximate surface area is 149 Å². The minimum atomic E-state index is -0.581. The van der Waals surface area contributed by atoms with Crippen LogP contribution in [0.3, 0.4) is 0 Å². The summed E-state index contributed by atoms with van der Waals surface area (Å²) in [4.78, 5) is 30.1. The van der Waals surface area contributed by atoms with Crippen LogP contribution in [0.25, 0.3) is 0 Å². The van der Waals surface area contributed by atoms with E-state index in [0.29, 0.717) is 13.0 Å². The van der Waals surface area contributed by atoms with Crippen LogP contribution < -0.4 is 5.32 Å². The number of carbonyl (C=O) groups is 2. The van der Waals surface area contributed by atoms with Crippen molar-refractivity contribution in [2.75, 3.05) is 6.61 Å². The maximum Gasteiger partial charge on any atom is 0.407 e. The van der Waals surface area contributed by atoms with Gasteiger partial charge in [-0.15, -0.1) is 0 Å². The summed E-state index contributed by atoms with van der Waals surface area (Å²) < 4.78 is 10.5. The van der Waals surface area contributed by atoms with Crippen molar-refractivity contribution < 1.29 is 23.9 Å². The number of hydrogen-bond donors (Lipinski definition) is 1. The molecule has 1 amide bonds. The fourth-order valence-electron chi connectivity index (χ4n) is 3.44. The number of carbonyl (C=O) groups excluding carboxylic acids is 2. The highest BCUT2D eigenvalue weighted by molar-refractivity contribution is 5.92. The quantitative estimate of drug-likeness (QED) is 0.767. The molecule has 7 nitrogen and oxygen atoms in total. The van der Waals surface area contributed by atoms with Crippen molar-refractivity contribution in [3.63, 3.8) is 0 Å². The number of ether oxygens (including phenoxy) is 2. The van der Waals surface area contributed by atoms with E-state index < -0.39 is 17.6 Å². The molecular weight excluding hydrogens is 324 g/mol. The van der Waals surface area contributed by atoms with Crippen LogP contribution in [0.1, 0.15) is 54.4 Å². The van der Waals surface area contributed by atoms with Gasteiger partial charge in [-0.1, -0.05) is 19.0 Å². The third-order valence-electron chi connectivity index (χ3n) is 4.72. The summed E-state index contributed by atoms with van der Waals surface area (Å²) in [5, 5.41) is 7.15. The smallest absolute Gasteiger partial charge is 0.407 e. The maximum atomic E-state index is 12.3. The maximum absolute atomic E-state index is 12.3. The monoisotopic (exact) mass is 354 g/mol. The number of oxime groups is 1. The average Bonchev–Trinajstić information content (AvgIpc) is 3.06. The Balaban J connectivity index is 2.17. The molecule has 2 aliphatic rings. The van der Waals surface area contributed by atoms with Gasteiger partial charge in [-0.05, 0) is 46.5 Å². The standard InChI is InChI=1S/C18H30N2O5/c1-7-10(3)14-13-12(19-17(22)24-18(4,5)6)9-11(15(13)25-20-14)16(21)23-8-2/h10-13,15H,7-9H2,1-6H3,(H,19,22)/t10-,11?,12?,13?,15?/m1/s1. The van der Waals surface area contributed by atoms with Crippen LogP contribution in [-0.2, 0) is 19.1 Å². The van der Waals surface area contributed by atoms with Crippen molar-refractivity contribution >= 4 is 17.8 Å². The Morgan fingerprint density at radius 1 is 1.36 bits per heavy atom. The SMILES string of the molecule is CCOC(=O)C1CC(NC(=O)OC(C)(C)C)C2C([C@H](C)CC)=NOC12. The number of fused-ring (bicyclic) bond motifs is 1. The molecule has 0 aromatic heterocycles. The predicted octanol–water partition coefficient (Wildman–Crippen LogP) is 2.88. The molecular formula is C18H30N2O5. The first-order chi connectivity index (χ1) is 11.7. The Kier molecular flexibility index (Phi) is 5.95. The molecule has 7 heteroatoms. The number of esters is 1. The van der Waals surface area contributed by atoms with Gasteiger partial charge in [0.05, 0.1) is 24.2 Å². The highest BCUT2D eigenvalue weighted by Gasteiger charge is 2.55. The first-order valence-corrected chi connectivity index (χ1v) is 9.07. The van der Waals surface area contributed by atoms with E-state index in [1.165, 1.54) is 0 Å². The highest BCUT2D eigenvalue weighted by atomic mass is 16.6. The van der Waals surface area contributed by atoms with E-state index in [1.54, 1.807) is 6.92 Å². The van der Waals surface area contributed by atoms with E-state index in [2.05, 4.69) is 24.3 Å². The van der Waals surface area contributed by atoms with Crippen molar-refractivity contribution in [1.82, 2.24) is 5.32 Å². The van der Waals surface area contributed by atoms with Crippen LogP contribution in [0, 0.1) is 17.8 Å². The summed E-state index contributed by atoms with van der Waals surface area (Å²) in [5.41, 5.74) is 0.322. The van der Waals surface area contributed by atoms with Gasteiger partial charge in [-0.3, -0.25) is 4.79 Å². The summed E-state index contributed by atoms with van der Waals surface area (Å²) in [7, 11) is 0. The van der Waals surface area contributed by atoms with E-state index >= 15 is 0 Å². The van der Waals surface area contributed by atoms with Crippen molar-refractivity contribution in [2.24, 2.45) is 22.9 Å². The zero-order valence-corrected chi connectivity index (χ0v) is 16.0. The van der Waals surface area contributed by atoms with Gasteiger partial charge in [-0.2, -0.15) is 0 Å². The second kappa shape index (κ2) is 7.62. The average molecular weight is 354 g/mol. The van der Waals surface area contributed by atoms with Crippen LogP contribution in [0.4, 0.5) is 4.79 Å². The number of amides is 1. The van der Waals surface area contributed by atoms with Crippen molar-refractivity contribution in [3.05, 3.63) is 0 Å². The lowest BCUT2D eigenvalue weighted by Gasteiger charge is -2.25. The molecule has 2 rings (SSSR count). The topological polar surface area (TPSA) is 86.2 Å². The van der Waals surface area contributed by atoms with Crippen LogP contribution in [0.5, 0.6) is 0 Å². The molecule has 0 aromatic rings. The minimum absolute atomic E-state index is 0.128. The van der Waals surface area contributed by atoms with E-state index in [9.17, 15) is 9.59 Å². The third kappa shape index (κ3) is 4.44. The summed E-state index contributed by atoms with van der Waals surface area (Å²) in [6.45, 7) is 11.7. The first kappa shape index (κ1) is 19.5. The van der Waals surface area contributed by atoms with Gasteiger partial charge in [0.2, 0.25) is 0 Å². The van der Waals surface area contributed by atoms with E-state index in [4.69, 9.17) is 14.3 Å². The molecule has 0 bridgehead atoms. The van der Waals surface area contributed by atoms with Gasteiger partial charge in [0.25, 0.3) is 0 Å².